The van der Waals surface area contributed by atoms with Crippen molar-refractivity contribution in [3.05, 3.63) is 59.1 Å². The van der Waals surface area contributed by atoms with Gasteiger partial charge in [0.1, 0.15) is 12.7 Å². The number of carbonyl (C=O) groups is 2. The minimum absolute atomic E-state index is 0.0665. The van der Waals surface area contributed by atoms with Crippen LogP contribution in [-0.2, 0) is 14.3 Å². The van der Waals surface area contributed by atoms with Crippen LogP contribution in [-0.4, -0.2) is 57.2 Å². The molecule has 1 atom stereocenters. The Kier molecular flexibility index (Phi) is 5.78. The summed E-state index contributed by atoms with van der Waals surface area (Å²) in [5.74, 6) is -0.0665. The van der Waals surface area contributed by atoms with Crippen LogP contribution >= 0.6 is 11.6 Å². The van der Waals surface area contributed by atoms with Gasteiger partial charge in [-0.15, -0.1) is 0 Å². The zero-order valence-electron chi connectivity index (χ0n) is 15.7. The predicted octanol–water partition coefficient (Wildman–Crippen LogP) is 3.15. The standard InChI is InChI=1S/C21H20ClN3O4/c22-16-3-1-15(2-4-16)11-23-12-19-13-25(21(27)29-19)18-7-5-17(6-8-18)24-9-10-28-14-20(24)26/h1-8,11,19H,9-10,12-14H2/t19-/m0/s1. The highest BCUT2D eigenvalue weighted by molar-refractivity contribution is 6.30. The fourth-order valence-electron chi connectivity index (χ4n) is 3.26. The van der Waals surface area contributed by atoms with E-state index in [1.54, 1.807) is 28.1 Å². The summed E-state index contributed by atoms with van der Waals surface area (Å²) in [6.07, 6.45) is 1.03. The smallest absolute Gasteiger partial charge is 0.414 e. The molecule has 0 spiro atoms. The Morgan fingerprint density at radius 1 is 1.03 bits per heavy atom. The number of cyclic esters (lactones) is 1. The first kappa shape index (κ1) is 19.4. The number of aliphatic imine (C=N–C) groups is 1. The fraction of sp³-hybridized carbons (Fsp3) is 0.286. The number of anilines is 2. The number of hydrogen-bond acceptors (Lipinski definition) is 5. The third-order valence-corrected chi connectivity index (χ3v) is 5.00. The summed E-state index contributed by atoms with van der Waals surface area (Å²) in [6.45, 7) is 1.94. The van der Waals surface area contributed by atoms with Crippen molar-refractivity contribution in [2.75, 3.05) is 42.6 Å². The van der Waals surface area contributed by atoms with Crippen LogP contribution in [0.1, 0.15) is 5.56 Å². The van der Waals surface area contributed by atoms with Gasteiger partial charge in [-0.05, 0) is 42.0 Å². The zero-order chi connectivity index (χ0) is 20.2. The lowest BCUT2D eigenvalue weighted by atomic mass is 10.2. The van der Waals surface area contributed by atoms with Gasteiger partial charge < -0.3 is 14.4 Å². The van der Waals surface area contributed by atoms with Crippen LogP contribution in [0, 0.1) is 0 Å². The molecule has 0 aliphatic carbocycles. The molecule has 2 heterocycles. The normalized spacial score (nSPS) is 19.8. The molecule has 0 bridgehead atoms. The lowest BCUT2D eigenvalue weighted by molar-refractivity contribution is -0.125. The number of carbonyl (C=O) groups excluding carboxylic acids is 2. The van der Waals surface area contributed by atoms with Crippen LogP contribution in [0.4, 0.5) is 16.2 Å². The molecule has 29 heavy (non-hydrogen) atoms. The summed E-state index contributed by atoms with van der Waals surface area (Å²) in [5.41, 5.74) is 2.45. The molecular weight excluding hydrogens is 394 g/mol. The quantitative estimate of drug-likeness (QED) is 0.706. The number of morpholine rings is 1. The predicted molar refractivity (Wildman–Crippen MR) is 111 cm³/mol. The van der Waals surface area contributed by atoms with Gasteiger partial charge in [0.25, 0.3) is 5.91 Å². The number of ether oxygens (including phenoxy) is 2. The average Bonchev–Trinajstić information content (AvgIpc) is 3.10. The molecule has 7 nitrogen and oxygen atoms in total. The van der Waals surface area contributed by atoms with Crippen molar-refractivity contribution in [1.82, 2.24) is 0 Å². The maximum Gasteiger partial charge on any atom is 0.414 e. The molecule has 2 saturated heterocycles. The first-order chi connectivity index (χ1) is 14.1. The molecule has 2 aromatic carbocycles. The Morgan fingerprint density at radius 3 is 2.41 bits per heavy atom. The minimum atomic E-state index is -0.396. The second kappa shape index (κ2) is 8.63. The first-order valence-corrected chi connectivity index (χ1v) is 9.70. The maximum absolute atomic E-state index is 12.3. The van der Waals surface area contributed by atoms with Gasteiger partial charge in [-0.1, -0.05) is 23.7 Å². The van der Waals surface area contributed by atoms with Gasteiger partial charge in [-0.2, -0.15) is 0 Å². The van der Waals surface area contributed by atoms with Crippen molar-refractivity contribution in [1.29, 1.82) is 0 Å². The first-order valence-electron chi connectivity index (χ1n) is 9.32. The number of benzene rings is 2. The Bertz CT molecular complexity index is 915. The third kappa shape index (κ3) is 4.58. The van der Waals surface area contributed by atoms with E-state index in [9.17, 15) is 9.59 Å². The fourth-order valence-corrected chi connectivity index (χ4v) is 3.38. The highest BCUT2D eigenvalue weighted by atomic mass is 35.5. The van der Waals surface area contributed by atoms with E-state index in [2.05, 4.69) is 4.99 Å². The van der Waals surface area contributed by atoms with Gasteiger partial charge in [0.2, 0.25) is 0 Å². The Labute approximate surface area is 173 Å². The second-order valence-corrected chi connectivity index (χ2v) is 7.21. The summed E-state index contributed by atoms with van der Waals surface area (Å²) in [5, 5.41) is 0.673. The second-order valence-electron chi connectivity index (χ2n) is 6.78. The van der Waals surface area contributed by atoms with Gasteiger partial charge >= 0.3 is 6.09 Å². The van der Waals surface area contributed by atoms with Crippen molar-refractivity contribution in [2.24, 2.45) is 4.99 Å². The monoisotopic (exact) mass is 413 g/mol. The summed E-state index contributed by atoms with van der Waals surface area (Å²) in [6, 6.07) is 14.6. The zero-order valence-corrected chi connectivity index (χ0v) is 16.4. The molecule has 150 valence electrons. The minimum Gasteiger partial charge on any atom is -0.442 e. The number of hydrogen-bond donors (Lipinski definition) is 0. The third-order valence-electron chi connectivity index (χ3n) is 4.75. The highest BCUT2D eigenvalue weighted by Crippen LogP contribution is 2.25. The van der Waals surface area contributed by atoms with Gasteiger partial charge in [0, 0.05) is 29.2 Å². The van der Waals surface area contributed by atoms with Crippen molar-refractivity contribution < 1.29 is 19.1 Å². The van der Waals surface area contributed by atoms with Crippen molar-refractivity contribution >= 4 is 41.2 Å². The summed E-state index contributed by atoms with van der Waals surface area (Å²) in [7, 11) is 0. The van der Waals surface area contributed by atoms with Gasteiger partial charge in [0.15, 0.2) is 0 Å². The van der Waals surface area contributed by atoms with Crippen LogP contribution in [0.3, 0.4) is 0 Å². The van der Waals surface area contributed by atoms with E-state index in [0.717, 1.165) is 16.9 Å². The molecule has 0 aromatic heterocycles. The molecule has 4 rings (SSSR count). The van der Waals surface area contributed by atoms with Crippen LogP contribution in [0.2, 0.25) is 5.02 Å². The van der Waals surface area contributed by atoms with Crippen molar-refractivity contribution in [3.63, 3.8) is 0 Å². The molecule has 8 heteroatoms. The van der Waals surface area contributed by atoms with Crippen LogP contribution in [0.25, 0.3) is 0 Å². The number of nitrogens with zero attached hydrogens (tertiary/aromatic N) is 3. The van der Waals surface area contributed by atoms with Crippen molar-refractivity contribution in [3.8, 4) is 0 Å². The molecule has 2 aliphatic heterocycles. The average molecular weight is 414 g/mol. The Hall–Kier alpha value is -2.90. The molecule has 0 N–H and O–H groups in total. The highest BCUT2D eigenvalue weighted by Gasteiger charge is 2.32. The maximum atomic E-state index is 12.3. The molecule has 2 fully saturated rings. The molecule has 0 radical (unpaired) electrons. The van der Waals surface area contributed by atoms with Gasteiger partial charge in [-0.3, -0.25) is 14.7 Å². The molecule has 0 unspecified atom stereocenters. The molecular formula is C21H20ClN3O4. The van der Waals surface area contributed by atoms with Crippen LogP contribution < -0.4 is 9.80 Å². The number of amides is 2. The lowest BCUT2D eigenvalue weighted by Crippen LogP contribution is -2.41. The molecule has 2 aliphatic rings. The van der Waals surface area contributed by atoms with Crippen LogP contribution in [0.15, 0.2) is 53.5 Å². The van der Waals surface area contributed by atoms with E-state index in [0.29, 0.717) is 31.3 Å². The summed E-state index contributed by atoms with van der Waals surface area (Å²) < 4.78 is 10.6. The molecule has 2 amide bonds. The topological polar surface area (TPSA) is 71.4 Å². The van der Waals surface area contributed by atoms with E-state index in [4.69, 9.17) is 21.1 Å². The SMILES string of the molecule is O=C1COCCN1c1ccc(N2C[C@H](CN=Cc3ccc(Cl)cc3)OC2=O)cc1. The van der Waals surface area contributed by atoms with E-state index < -0.39 is 6.09 Å². The molecule has 0 saturated carbocycles. The van der Waals surface area contributed by atoms with E-state index >= 15 is 0 Å². The van der Waals surface area contributed by atoms with E-state index in [1.165, 1.54) is 0 Å². The molecule has 2 aromatic rings. The summed E-state index contributed by atoms with van der Waals surface area (Å²) in [4.78, 5) is 31.8. The van der Waals surface area contributed by atoms with Gasteiger partial charge in [-0.25, -0.2) is 4.79 Å². The van der Waals surface area contributed by atoms with Crippen LogP contribution in [0.5, 0.6) is 0 Å². The largest absolute Gasteiger partial charge is 0.442 e. The lowest BCUT2D eigenvalue weighted by Gasteiger charge is -2.27. The summed E-state index contributed by atoms with van der Waals surface area (Å²) >= 11 is 5.87. The van der Waals surface area contributed by atoms with E-state index in [-0.39, 0.29) is 18.6 Å². The Morgan fingerprint density at radius 2 is 1.72 bits per heavy atom. The van der Waals surface area contributed by atoms with Gasteiger partial charge in [0.05, 0.1) is 19.7 Å². The number of halogens is 1. The van der Waals surface area contributed by atoms with E-state index in [1.807, 2.05) is 36.4 Å². The van der Waals surface area contributed by atoms with Crippen molar-refractivity contribution in [2.45, 2.75) is 6.10 Å². The number of rotatable bonds is 5. The Balaban J connectivity index is 1.36.